The summed E-state index contributed by atoms with van der Waals surface area (Å²) in [5.41, 5.74) is 0.588. The van der Waals surface area contributed by atoms with Gasteiger partial charge in [-0.2, -0.15) is 13.2 Å². The number of rotatable bonds is 6. The van der Waals surface area contributed by atoms with Gasteiger partial charge < -0.3 is 20.9 Å². The summed E-state index contributed by atoms with van der Waals surface area (Å²) in [5, 5.41) is 8.78. The Labute approximate surface area is 183 Å². The van der Waals surface area contributed by atoms with Gasteiger partial charge in [0.15, 0.2) is 0 Å². The van der Waals surface area contributed by atoms with E-state index in [1.165, 1.54) is 6.07 Å². The molecule has 0 bridgehead atoms. The van der Waals surface area contributed by atoms with Crippen LogP contribution in [0.3, 0.4) is 0 Å². The van der Waals surface area contributed by atoms with Gasteiger partial charge in [-0.05, 0) is 50.6 Å². The number of alkyl halides is 3. The number of nitrogens with zero attached hydrogens (tertiary/aromatic N) is 3. The predicted molar refractivity (Wildman–Crippen MR) is 112 cm³/mol. The third kappa shape index (κ3) is 5.64. The van der Waals surface area contributed by atoms with Crippen LogP contribution < -0.4 is 16.0 Å². The molecule has 2 heterocycles. The molecule has 174 valence electrons. The first-order valence-corrected chi connectivity index (χ1v) is 10.3. The van der Waals surface area contributed by atoms with Crippen molar-refractivity contribution in [3.05, 3.63) is 52.6 Å². The van der Waals surface area contributed by atoms with E-state index in [-0.39, 0.29) is 24.7 Å². The van der Waals surface area contributed by atoms with E-state index in [1.54, 1.807) is 18.1 Å². The summed E-state index contributed by atoms with van der Waals surface area (Å²) >= 11 is 0. The molecular weight excluding hydrogens is 428 g/mol. The second kappa shape index (κ2) is 9.68. The zero-order valence-corrected chi connectivity index (χ0v) is 18.1. The normalized spacial score (nSPS) is 14.8. The summed E-state index contributed by atoms with van der Waals surface area (Å²) in [5.74, 6) is -0.895. The van der Waals surface area contributed by atoms with E-state index in [0.717, 1.165) is 17.3 Å². The number of urea groups is 1. The fourth-order valence-corrected chi connectivity index (χ4v) is 3.48. The topological polar surface area (TPSA) is 82.2 Å². The first-order valence-electron chi connectivity index (χ1n) is 10.3. The number of anilines is 1. The minimum absolute atomic E-state index is 0.155. The maximum absolute atomic E-state index is 14.0. The number of likely N-dealkylation sites (N-methyl/N-ethyl adjacent to an activating group) is 1. The first-order chi connectivity index (χ1) is 15.1. The molecule has 1 atom stereocenters. The highest BCUT2D eigenvalue weighted by molar-refractivity contribution is 5.75. The number of fused-ring (bicyclic) bond motifs is 1. The fourth-order valence-electron chi connectivity index (χ4n) is 3.48. The molecule has 1 unspecified atom stereocenters. The molecule has 0 radical (unpaired) electrons. The van der Waals surface area contributed by atoms with E-state index >= 15 is 0 Å². The fraction of sp³-hybridized carbons (Fsp3) is 0.476. The molecule has 0 spiro atoms. The maximum Gasteiger partial charge on any atom is 0.419 e. The van der Waals surface area contributed by atoms with Crippen molar-refractivity contribution in [3.63, 3.8) is 0 Å². The molecule has 1 aromatic carbocycles. The minimum Gasteiger partial charge on any atom is -0.352 e. The lowest BCUT2D eigenvalue weighted by Gasteiger charge is -2.30. The van der Waals surface area contributed by atoms with Gasteiger partial charge >= 0.3 is 12.2 Å². The average Bonchev–Trinajstić information content (AvgIpc) is 2.71. The maximum atomic E-state index is 14.0. The first kappa shape index (κ1) is 23.7. The molecular formula is C21H26F4N6O. The number of benzene rings is 1. The summed E-state index contributed by atoms with van der Waals surface area (Å²) in [7, 11) is 1.64. The number of aromatic nitrogens is 2. The van der Waals surface area contributed by atoms with Crippen molar-refractivity contribution in [2.45, 2.75) is 45.1 Å². The third-order valence-electron chi connectivity index (χ3n) is 5.06. The molecule has 1 aromatic heterocycles. The Balaban J connectivity index is 1.74. The SMILES string of the molecule is CNCC(NC(=O)N1CCc2cnc(NC(C)C)nc2C1)c1ccc(C(F)(F)F)c(F)c1. The van der Waals surface area contributed by atoms with Crippen molar-refractivity contribution in [1.82, 2.24) is 25.5 Å². The molecule has 0 saturated heterocycles. The summed E-state index contributed by atoms with van der Waals surface area (Å²) in [6.07, 6.45) is -2.45. The van der Waals surface area contributed by atoms with Gasteiger partial charge in [0.2, 0.25) is 5.95 Å². The quantitative estimate of drug-likeness (QED) is 0.583. The van der Waals surface area contributed by atoms with Crippen molar-refractivity contribution in [3.8, 4) is 0 Å². The van der Waals surface area contributed by atoms with Crippen LogP contribution in [0.5, 0.6) is 0 Å². The number of carbonyl (C=O) groups excluding carboxylic acids is 1. The zero-order chi connectivity index (χ0) is 23.5. The largest absolute Gasteiger partial charge is 0.419 e. The van der Waals surface area contributed by atoms with Gasteiger partial charge in [-0.3, -0.25) is 0 Å². The summed E-state index contributed by atoms with van der Waals surface area (Å²) in [6.45, 7) is 4.85. The molecule has 0 fully saturated rings. The predicted octanol–water partition coefficient (Wildman–Crippen LogP) is 3.48. The van der Waals surface area contributed by atoms with Crippen LogP contribution in [0.1, 0.15) is 42.3 Å². The van der Waals surface area contributed by atoms with Crippen LogP contribution in [0.25, 0.3) is 0 Å². The number of hydrogen-bond acceptors (Lipinski definition) is 5. The van der Waals surface area contributed by atoms with Crippen LogP contribution in [0.15, 0.2) is 24.4 Å². The lowest BCUT2D eigenvalue weighted by molar-refractivity contribution is -0.140. The van der Waals surface area contributed by atoms with Gasteiger partial charge in [0.05, 0.1) is 23.8 Å². The minimum atomic E-state index is -4.78. The number of nitrogens with one attached hydrogen (secondary N) is 3. The Morgan fingerprint density at radius 3 is 2.66 bits per heavy atom. The molecule has 1 aliphatic rings. The smallest absolute Gasteiger partial charge is 0.352 e. The number of hydrogen-bond donors (Lipinski definition) is 3. The van der Waals surface area contributed by atoms with Crippen molar-refractivity contribution >= 4 is 12.0 Å². The van der Waals surface area contributed by atoms with Crippen molar-refractivity contribution in [2.75, 3.05) is 25.5 Å². The molecule has 11 heteroatoms. The standard InChI is InChI=1S/C21H26F4N6O/c1-12(2)28-19-27-9-14-6-7-31(11-18(14)29-19)20(32)30-17(10-26-3)13-4-5-15(16(22)8-13)21(23,24)25/h4-5,8-9,12,17,26H,6-7,10-11H2,1-3H3,(H,30,32)(H,27,28,29). The van der Waals surface area contributed by atoms with Gasteiger partial charge in [-0.1, -0.05) is 6.07 Å². The van der Waals surface area contributed by atoms with E-state index in [4.69, 9.17) is 0 Å². The van der Waals surface area contributed by atoms with E-state index in [0.29, 0.717) is 25.0 Å². The number of halogens is 4. The number of carbonyl (C=O) groups is 1. The van der Waals surface area contributed by atoms with Crippen LogP contribution in [-0.2, 0) is 19.1 Å². The second-order valence-corrected chi connectivity index (χ2v) is 7.93. The van der Waals surface area contributed by atoms with Crippen molar-refractivity contribution < 1.29 is 22.4 Å². The van der Waals surface area contributed by atoms with E-state index in [9.17, 15) is 22.4 Å². The van der Waals surface area contributed by atoms with Crippen molar-refractivity contribution in [1.29, 1.82) is 0 Å². The highest BCUT2D eigenvalue weighted by Crippen LogP contribution is 2.32. The molecule has 0 aliphatic carbocycles. The van der Waals surface area contributed by atoms with Gasteiger partial charge in [-0.25, -0.2) is 19.2 Å². The lowest BCUT2D eigenvalue weighted by Crippen LogP contribution is -2.46. The van der Waals surface area contributed by atoms with E-state index in [2.05, 4.69) is 25.9 Å². The average molecular weight is 454 g/mol. The summed E-state index contributed by atoms with van der Waals surface area (Å²) in [6, 6.07) is 1.71. The summed E-state index contributed by atoms with van der Waals surface area (Å²) in [4.78, 5) is 23.2. The Hall–Kier alpha value is -2.95. The second-order valence-electron chi connectivity index (χ2n) is 7.93. The molecule has 3 rings (SSSR count). The molecule has 2 aromatic rings. The zero-order valence-electron chi connectivity index (χ0n) is 18.1. The molecule has 1 aliphatic heterocycles. The van der Waals surface area contributed by atoms with Gasteiger partial charge in [0, 0.05) is 25.3 Å². The highest BCUT2D eigenvalue weighted by atomic mass is 19.4. The molecule has 0 saturated carbocycles. The molecule has 2 amide bonds. The molecule has 3 N–H and O–H groups in total. The van der Waals surface area contributed by atoms with Crippen LogP contribution in [0.4, 0.5) is 28.3 Å². The lowest BCUT2D eigenvalue weighted by atomic mass is 10.0. The van der Waals surface area contributed by atoms with Crippen molar-refractivity contribution in [2.24, 2.45) is 0 Å². The van der Waals surface area contributed by atoms with Gasteiger partial charge in [0.1, 0.15) is 5.82 Å². The molecule has 32 heavy (non-hydrogen) atoms. The Bertz CT molecular complexity index is 966. The van der Waals surface area contributed by atoms with E-state index in [1.807, 2.05) is 13.8 Å². The van der Waals surface area contributed by atoms with Crippen LogP contribution in [0, 0.1) is 5.82 Å². The molecule has 7 nitrogen and oxygen atoms in total. The highest BCUT2D eigenvalue weighted by Gasteiger charge is 2.34. The third-order valence-corrected chi connectivity index (χ3v) is 5.06. The Kier molecular flexibility index (Phi) is 7.17. The Morgan fingerprint density at radius 2 is 2.03 bits per heavy atom. The monoisotopic (exact) mass is 454 g/mol. The van der Waals surface area contributed by atoms with Crippen LogP contribution >= 0.6 is 0 Å². The van der Waals surface area contributed by atoms with Gasteiger partial charge in [-0.15, -0.1) is 0 Å². The Morgan fingerprint density at radius 1 is 1.28 bits per heavy atom. The number of amides is 2. The van der Waals surface area contributed by atoms with Crippen LogP contribution in [0.2, 0.25) is 0 Å². The van der Waals surface area contributed by atoms with Gasteiger partial charge in [0.25, 0.3) is 0 Å². The van der Waals surface area contributed by atoms with E-state index < -0.39 is 29.6 Å². The summed E-state index contributed by atoms with van der Waals surface area (Å²) < 4.78 is 52.6. The van der Waals surface area contributed by atoms with Crippen LogP contribution in [-0.4, -0.2) is 47.1 Å².